The van der Waals surface area contributed by atoms with Gasteiger partial charge in [-0.1, -0.05) is 19.1 Å². The van der Waals surface area contributed by atoms with Crippen LogP contribution in [0.5, 0.6) is 0 Å². The molecule has 0 fully saturated rings. The number of hydrogen-bond donors (Lipinski definition) is 1. The highest BCUT2D eigenvalue weighted by atomic mass is 16.4. The van der Waals surface area contributed by atoms with Crippen LogP contribution in [0, 0.1) is 5.92 Å². The highest BCUT2D eigenvalue weighted by Crippen LogP contribution is 2.43. The fourth-order valence-corrected chi connectivity index (χ4v) is 2.76. The summed E-state index contributed by atoms with van der Waals surface area (Å²) in [5, 5.41) is 9.18. The molecule has 1 aromatic carbocycles. The van der Waals surface area contributed by atoms with E-state index in [1.165, 1.54) is 11.1 Å². The molecule has 0 saturated heterocycles. The van der Waals surface area contributed by atoms with E-state index in [0.717, 1.165) is 18.5 Å². The van der Waals surface area contributed by atoms with Gasteiger partial charge in [-0.3, -0.25) is 4.79 Å². The Morgan fingerprint density at radius 3 is 2.76 bits per heavy atom. The maximum Gasteiger partial charge on any atom is 0.306 e. The van der Waals surface area contributed by atoms with E-state index in [0.29, 0.717) is 0 Å². The zero-order chi connectivity index (χ0) is 12.6. The summed E-state index contributed by atoms with van der Waals surface area (Å²) in [7, 11) is 4.02. The minimum absolute atomic E-state index is 0.154. The van der Waals surface area contributed by atoms with Gasteiger partial charge >= 0.3 is 5.97 Å². The Hall–Kier alpha value is -1.51. The lowest BCUT2D eigenvalue weighted by Gasteiger charge is -2.23. The number of rotatable bonds is 3. The van der Waals surface area contributed by atoms with Gasteiger partial charge < -0.3 is 10.0 Å². The van der Waals surface area contributed by atoms with Gasteiger partial charge in [-0.25, -0.2) is 0 Å². The first-order chi connectivity index (χ1) is 8.02. The quantitative estimate of drug-likeness (QED) is 0.872. The molecule has 0 bridgehead atoms. The van der Waals surface area contributed by atoms with Crippen molar-refractivity contribution in [2.24, 2.45) is 5.92 Å². The normalized spacial score (nSPS) is 19.8. The van der Waals surface area contributed by atoms with Crippen LogP contribution in [0.25, 0.3) is 0 Å². The van der Waals surface area contributed by atoms with E-state index < -0.39 is 5.97 Å². The number of carboxylic acids is 1. The van der Waals surface area contributed by atoms with E-state index in [1.54, 1.807) is 0 Å². The first-order valence-corrected chi connectivity index (χ1v) is 6.04. The number of fused-ring (bicyclic) bond motifs is 1. The van der Waals surface area contributed by atoms with Crippen molar-refractivity contribution in [1.29, 1.82) is 0 Å². The molecule has 0 aromatic heterocycles. The van der Waals surface area contributed by atoms with E-state index in [2.05, 4.69) is 23.1 Å². The molecule has 0 heterocycles. The highest BCUT2D eigenvalue weighted by molar-refractivity contribution is 5.73. The molecule has 0 amide bonds. The van der Waals surface area contributed by atoms with Crippen LogP contribution in [0.2, 0.25) is 0 Å². The molecule has 0 aliphatic heterocycles. The predicted molar refractivity (Wildman–Crippen MR) is 68.6 cm³/mol. The molecule has 0 saturated carbocycles. The summed E-state index contributed by atoms with van der Waals surface area (Å²) in [6.45, 7) is 1.81. The van der Waals surface area contributed by atoms with Crippen molar-refractivity contribution in [3.8, 4) is 0 Å². The molecule has 1 aliphatic carbocycles. The molecule has 2 rings (SSSR count). The average molecular weight is 233 g/mol. The van der Waals surface area contributed by atoms with E-state index in [9.17, 15) is 9.90 Å². The Morgan fingerprint density at radius 2 is 2.18 bits per heavy atom. The maximum atomic E-state index is 11.2. The van der Waals surface area contributed by atoms with Crippen molar-refractivity contribution < 1.29 is 9.90 Å². The van der Waals surface area contributed by atoms with Crippen LogP contribution in [0.3, 0.4) is 0 Å². The first kappa shape index (κ1) is 12.0. The minimum Gasteiger partial charge on any atom is -0.481 e. The smallest absolute Gasteiger partial charge is 0.306 e. The minimum atomic E-state index is -0.698. The van der Waals surface area contributed by atoms with Gasteiger partial charge in [-0.2, -0.15) is 0 Å². The SMILES string of the molecule is CC(C(=O)O)C1CCc2cccc(N(C)C)c21. The van der Waals surface area contributed by atoms with Gasteiger partial charge in [-0.05, 0) is 36.0 Å². The second-order valence-corrected chi connectivity index (χ2v) is 5.02. The lowest BCUT2D eigenvalue weighted by atomic mass is 9.87. The maximum absolute atomic E-state index is 11.2. The average Bonchev–Trinajstić information content (AvgIpc) is 2.70. The Bertz CT molecular complexity index is 440. The molecule has 1 aliphatic rings. The molecular formula is C14H19NO2. The van der Waals surface area contributed by atoms with E-state index in [1.807, 2.05) is 21.0 Å². The third kappa shape index (κ3) is 2.02. The molecule has 3 heteroatoms. The van der Waals surface area contributed by atoms with Gasteiger partial charge in [0, 0.05) is 19.8 Å². The molecule has 1 aromatic rings. The van der Waals surface area contributed by atoms with Crippen LogP contribution in [-0.4, -0.2) is 25.2 Å². The summed E-state index contributed by atoms with van der Waals surface area (Å²) in [6.07, 6.45) is 1.95. The van der Waals surface area contributed by atoms with Crippen LogP contribution in [0.15, 0.2) is 18.2 Å². The zero-order valence-corrected chi connectivity index (χ0v) is 10.6. The number of benzene rings is 1. The Balaban J connectivity index is 2.45. The van der Waals surface area contributed by atoms with Gasteiger partial charge in [0.05, 0.1) is 5.92 Å². The first-order valence-electron chi connectivity index (χ1n) is 6.04. The molecule has 0 spiro atoms. The second-order valence-electron chi connectivity index (χ2n) is 5.02. The van der Waals surface area contributed by atoms with Crippen molar-refractivity contribution in [3.05, 3.63) is 29.3 Å². The van der Waals surface area contributed by atoms with Crippen molar-refractivity contribution in [2.45, 2.75) is 25.7 Å². The summed E-state index contributed by atoms with van der Waals surface area (Å²) in [6, 6.07) is 6.25. The van der Waals surface area contributed by atoms with Crippen LogP contribution in [0.4, 0.5) is 5.69 Å². The second kappa shape index (κ2) is 4.40. The zero-order valence-electron chi connectivity index (χ0n) is 10.6. The van der Waals surface area contributed by atoms with E-state index >= 15 is 0 Å². The topological polar surface area (TPSA) is 40.5 Å². The van der Waals surface area contributed by atoms with Crippen LogP contribution < -0.4 is 4.90 Å². The van der Waals surface area contributed by atoms with E-state index in [-0.39, 0.29) is 11.8 Å². The number of anilines is 1. The molecule has 92 valence electrons. The molecule has 2 unspecified atom stereocenters. The third-order valence-corrected chi connectivity index (χ3v) is 3.74. The summed E-state index contributed by atoms with van der Waals surface area (Å²) >= 11 is 0. The van der Waals surface area contributed by atoms with Gasteiger partial charge in [0.15, 0.2) is 0 Å². The fourth-order valence-electron chi connectivity index (χ4n) is 2.76. The van der Waals surface area contributed by atoms with Crippen molar-refractivity contribution in [3.63, 3.8) is 0 Å². The van der Waals surface area contributed by atoms with Gasteiger partial charge in [-0.15, -0.1) is 0 Å². The highest BCUT2D eigenvalue weighted by Gasteiger charge is 2.33. The molecule has 17 heavy (non-hydrogen) atoms. The van der Waals surface area contributed by atoms with E-state index in [4.69, 9.17) is 0 Å². The summed E-state index contributed by atoms with van der Waals surface area (Å²) in [4.78, 5) is 13.2. The van der Waals surface area contributed by atoms with Gasteiger partial charge in [0.1, 0.15) is 0 Å². The molecule has 3 nitrogen and oxygen atoms in total. The van der Waals surface area contributed by atoms with Crippen molar-refractivity contribution in [2.75, 3.05) is 19.0 Å². The monoisotopic (exact) mass is 233 g/mol. The standard InChI is InChI=1S/C14H19NO2/c1-9(14(16)17)11-8-7-10-5-4-6-12(13(10)11)15(2)3/h4-6,9,11H,7-8H2,1-3H3,(H,16,17). The number of aliphatic carboxylic acids is 1. The van der Waals surface area contributed by atoms with Gasteiger partial charge in [0.25, 0.3) is 0 Å². The van der Waals surface area contributed by atoms with Crippen LogP contribution in [0.1, 0.15) is 30.4 Å². The fraction of sp³-hybridized carbons (Fsp3) is 0.500. The Labute approximate surface area is 102 Å². The number of nitrogens with zero attached hydrogens (tertiary/aromatic N) is 1. The summed E-state index contributed by atoms with van der Waals surface area (Å²) < 4.78 is 0. The summed E-state index contributed by atoms with van der Waals surface area (Å²) in [5.74, 6) is -0.852. The molecular weight excluding hydrogens is 214 g/mol. The molecule has 2 atom stereocenters. The number of aryl methyl sites for hydroxylation is 1. The Morgan fingerprint density at radius 1 is 1.47 bits per heavy atom. The number of carboxylic acid groups (broad SMARTS) is 1. The third-order valence-electron chi connectivity index (χ3n) is 3.74. The number of hydrogen-bond acceptors (Lipinski definition) is 2. The summed E-state index contributed by atoms with van der Waals surface area (Å²) in [5.41, 5.74) is 3.72. The lowest BCUT2D eigenvalue weighted by Crippen LogP contribution is -2.20. The predicted octanol–water partition coefficient (Wildman–Crippen LogP) is 2.50. The largest absolute Gasteiger partial charge is 0.481 e. The van der Waals surface area contributed by atoms with Crippen molar-refractivity contribution in [1.82, 2.24) is 0 Å². The number of carbonyl (C=O) groups is 1. The van der Waals surface area contributed by atoms with Crippen molar-refractivity contribution >= 4 is 11.7 Å². The molecule has 1 N–H and O–H groups in total. The van der Waals surface area contributed by atoms with Gasteiger partial charge in [0.2, 0.25) is 0 Å². The molecule has 0 radical (unpaired) electrons. The lowest BCUT2D eigenvalue weighted by molar-refractivity contribution is -0.141. The Kier molecular flexibility index (Phi) is 3.09. The van der Waals surface area contributed by atoms with Crippen LogP contribution in [-0.2, 0) is 11.2 Å². The van der Waals surface area contributed by atoms with Crippen LogP contribution >= 0.6 is 0 Å².